The predicted octanol–water partition coefficient (Wildman–Crippen LogP) is 3.05. The molecule has 0 unspecified atom stereocenters. The van der Waals surface area contributed by atoms with Gasteiger partial charge in [0.2, 0.25) is 0 Å². The van der Waals surface area contributed by atoms with E-state index in [2.05, 4.69) is 49.0 Å². The van der Waals surface area contributed by atoms with E-state index in [-0.39, 0.29) is 0 Å². The molecule has 0 saturated heterocycles. The Morgan fingerprint density at radius 3 is 3.06 bits per heavy atom. The Morgan fingerprint density at radius 1 is 1.47 bits per heavy atom. The van der Waals surface area contributed by atoms with Crippen LogP contribution in [0.15, 0.2) is 30.4 Å². The molecule has 0 saturated carbocycles. The first-order chi connectivity index (χ1) is 8.16. The van der Waals surface area contributed by atoms with Gasteiger partial charge in [-0.15, -0.1) is 0 Å². The number of anilines is 1. The molecule has 1 aliphatic heterocycles. The summed E-state index contributed by atoms with van der Waals surface area (Å²) in [4.78, 5) is 2.33. The first-order valence-electron chi connectivity index (χ1n) is 6.34. The molecule has 1 aromatic rings. The number of benzene rings is 1. The molecule has 0 spiro atoms. The lowest BCUT2D eigenvalue weighted by Crippen LogP contribution is -2.22. The van der Waals surface area contributed by atoms with Crippen molar-refractivity contribution in [1.29, 1.82) is 0 Å². The van der Waals surface area contributed by atoms with Crippen LogP contribution in [0.3, 0.4) is 0 Å². The third-order valence-electron chi connectivity index (χ3n) is 3.17. The van der Waals surface area contributed by atoms with E-state index < -0.39 is 0 Å². The van der Waals surface area contributed by atoms with Crippen molar-refractivity contribution in [2.24, 2.45) is 0 Å². The second-order valence-corrected chi connectivity index (χ2v) is 5.10. The van der Waals surface area contributed by atoms with Crippen molar-refractivity contribution in [2.45, 2.75) is 26.3 Å². The van der Waals surface area contributed by atoms with Gasteiger partial charge < -0.3 is 5.32 Å². The van der Waals surface area contributed by atoms with Crippen molar-refractivity contribution in [1.82, 2.24) is 4.90 Å². The van der Waals surface area contributed by atoms with E-state index in [0.717, 1.165) is 19.6 Å². The Balaban J connectivity index is 2.13. The average Bonchev–Trinajstić information content (AvgIpc) is 2.28. The number of hydrogen-bond donors (Lipinski definition) is 1. The molecule has 17 heavy (non-hydrogen) atoms. The molecule has 2 nitrogen and oxygen atoms in total. The van der Waals surface area contributed by atoms with Crippen LogP contribution in [0.1, 0.15) is 24.5 Å². The van der Waals surface area contributed by atoms with Crippen molar-refractivity contribution in [3.8, 4) is 0 Å². The fourth-order valence-electron chi connectivity index (χ4n) is 2.54. The summed E-state index contributed by atoms with van der Waals surface area (Å²) in [5.41, 5.74) is 5.51. The summed E-state index contributed by atoms with van der Waals surface area (Å²) in [6.45, 7) is 9.14. The monoisotopic (exact) mass is 230 g/mol. The molecule has 1 aliphatic rings. The van der Waals surface area contributed by atoms with Crippen molar-refractivity contribution < 1.29 is 0 Å². The van der Waals surface area contributed by atoms with Crippen LogP contribution in [0.5, 0.6) is 0 Å². The molecule has 92 valence electrons. The lowest BCUT2D eigenvalue weighted by atomic mass is 9.97. The van der Waals surface area contributed by atoms with E-state index >= 15 is 0 Å². The number of nitrogens with zero attached hydrogens (tertiary/aromatic N) is 1. The third-order valence-corrected chi connectivity index (χ3v) is 3.17. The largest absolute Gasteiger partial charge is 0.385 e. The third kappa shape index (κ3) is 3.10. The summed E-state index contributed by atoms with van der Waals surface area (Å²) in [6.07, 6.45) is 2.45. The van der Waals surface area contributed by atoms with Crippen LogP contribution in [-0.2, 0) is 13.0 Å². The topological polar surface area (TPSA) is 15.3 Å². The van der Waals surface area contributed by atoms with Crippen LogP contribution in [0, 0.1) is 0 Å². The van der Waals surface area contributed by atoms with Crippen molar-refractivity contribution in [3.63, 3.8) is 0 Å². The van der Waals surface area contributed by atoms with Gasteiger partial charge in [0.1, 0.15) is 0 Å². The second-order valence-electron chi connectivity index (χ2n) is 5.10. The van der Waals surface area contributed by atoms with Gasteiger partial charge in [-0.25, -0.2) is 0 Å². The highest BCUT2D eigenvalue weighted by Gasteiger charge is 2.13. The Labute approximate surface area is 104 Å². The maximum Gasteiger partial charge on any atom is 0.0375 e. The minimum Gasteiger partial charge on any atom is -0.385 e. The molecule has 1 aromatic carbocycles. The number of hydrogen-bond acceptors (Lipinski definition) is 2. The van der Waals surface area contributed by atoms with Crippen LogP contribution >= 0.6 is 0 Å². The molecule has 2 rings (SSSR count). The Bertz CT molecular complexity index is 409. The minimum absolute atomic E-state index is 0.969. The SMILES string of the molecule is C=C(C)CN(C)Cc1cccc2c1CCCN2. The normalized spacial score (nSPS) is 14.3. The van der Waals surface area contributed by atoms with Crippen LogP contribution in [0.25, 0.3) is 0 Å². The fourth-order valence-corrected chi connectivity index (χ4v) is 2.54. The predicted molar refractivity (Wildman–Crippen MR) is 74.4 cm³/mol. The molecular weight excluding hydrogens is 208 g/mol. The van der Waals surface area contributed by atoms with Crippen LogP contribution in [0.4, 0.5) is 5.69 Å². The Kier molecular flexibility index (Phi) is 3.85. The van der Waals surface area contributed by atoms with Crippen molar-refractivity contribution in [3.05, 3.63) is 41.5 Å². The first kappa shape index (κ1) is 12.2. The molecule has 0 radical (unpaired) electrons. The summed E-state index contributed by atoms with van der Waals surface area (Å²) in [5, 5.41) is 3.48. The summed E-state index contributed by atoms with van der Waals surface area (Å²) < 4.78 is 0. The summed E-state index contributed by atoms with van der Waals surface area (Å²) in [7, 11) is 2.16. The Morgan fingerprint density at radius 2 is 2.29 bits per heavy atom. The van der Waals surface area contributed by atoms with Crippen molar-refractivity contribution in [2.75, 3.05) is 25.5 Å². The smallest absolute Gasteiger partial charge is 0.0375 e. The van der Waals surface area contributed by atoms with E-state index in [1.165, 1.54) is 35.2 Å². The average molecular weight is 230 g/mol. The number of nitrogens with one attached hydrogen (secondary N) is 1. The van der Waals surface area contributed by atoms with Crippen molar-refractivity contribution >= 4 is 5.69 Å². The van der Waals surface area contributed by atoms with E-state index in [1.807, 2.05) is 0 Å². The first-order valence-corrected chi connectivity index (χ1v) is 6.34. The zero-order valence-corrected chi connectivity index (χ0v) is 10.9. The fraction of sp³-hybridized carbons (Fsp3) is 0.467. The van der Waals surface area contributed by atoms with E-state index in [0.29, 0.717) is 0 Å². The molecule has 0 amide bonds. The quantitative estimate of drug-likeness (QED) is 0.800. The highest BCUT2D eigenvalue weighted by atomic mass is 15.1. The maximum absolute atomic E-state index is 3.97. The lowest BCUT2D eigenvalue weighted by molar-refractivity contribution is 0.354. The summed E-state index contributed by atoms with van der Waals surface area (Å²) in [6, 6.07) is 6.60. The standard InChI is InChI=1S/C15H22N2/c1-12(2)10-17(3)11-13-6-4-8-15-14(13)7-5-9-16-15/h4,6,8,16H,1,5,7,9-11H2,2-3H3. The van der Waals surface area contributed by atoms with Gasteiger partial charge in [-0.2, -0.15) is 0 Å². The molecule has 0 fully saturated rings. The van der Waals surface area contributed by atoms with Gasteiger partial charge in [0, 0.05) is 25.3 Å². The van der Waals surface area contributed by atoms with Gasteiger partial charge in [0.05, 0.1) is 0 Å². The summed E-state index contributed by atoms with van der Waals surface area (Å²) in [5.74, 6) is 0. The highest BCUT2D eigenvalue weighted by Crippen LogP contribution is 2.26. The number of fused-ring (bicyclic) bond motifs is 1. The Hall–Kier alpha value is -1.28. The molecule has 0 atom stereocenters. The minimum atomic E-state index is 0.969. The molecule has 2 heteroatoms. The molecule has 0 bridgehead atoms. The molecule has 0 aliphatic carbocycles. The number of rotatable bonds is 4. The van der Waals surface area contributed by atoms with Crippen LogP contribution in [0.2, 0.25) is 0 Å². The van der Waals surface area contributed by atoms with Gasteiger partial charge in [-0.1, -0.05) is 24.3 Å². The lowest BCUT2D eigenvalue weighted by Gasteiger charge is -2.24. The van der Waals surface area contributed by atoms with E-state index in [9.17, 15) is 0 Å². The molecular formula is C15H22N2. The van der Waals surface area contributed by atoms with Gasteiger partial charge in [-0.05, 0) is 44.0 Å². The van der Waals surface area contributed by atoms with E-state index in [1.54, 1.807) is 0 Å². The summed E-state index contributed by atoms with van der Waals surface area (Å²) >= 11 is 0. The van der Waals surface area contributed by atoms with Gasteiger partial charge in [0.15, 0.2) is 0 Å². The highest BCUT2D eigenvalue weighted by molar-refractivity contribution is 5.56. The van der Waals surface area contributed by atoms with Gasteiger partial charge in [0.25, 0.3) is 0 Å². The van der Waals surface area contributed by atoms with Gasteiger partial charge in [-0.3, -0.25) is 4.90 Å². The van der Waals surface area contributed by atoms with Crippen LogP contribution < -0.4 is 5.32 Å². The van der Waals surface area contributed by atoms with Gasteiger partial charge >= 0.3 is 0 Å². The zero-order chi connectivity index (χ0) is 12.3. The van der Waals surface area contributed by atoms with Crippen LogP contribution in [-0.4, -0.2) is 25.0 Å². The molecule has 1 N–H and O–H groups in total. The second kappa shape index (κ2) is 5.37. The maximum atomic E-state index is 3.97. The zero-order valence-electron chi connectivity index (χ0n) is 10.9. The number of likely N-dealkylation sites (N-methyl/N-ethyl adjacent to an activating group) is 1. The molecule has 1 heterocycles. The molecule has 0 aromatic heterocycles. The van der Waals surface area contributed by atoms with E-state index in [4.69, 9.17) is 0 Å².